The third-order valence-electron chi connectivity index (χ3n) is 9.07. The Labute approximate surface area is 390 Å². The molecule has 9 amide bonds. The molecule has 1 fully saturated rings. The molecule has 66 heavy (non-hydrogen) atoms. The number of rotatable bonds is 24. The van der Waals surface area contributed by atoms with Gasteiger partial charge in [0.2, 0.25) is 17.7 Å². The maximum atomic E-state index is 13.4. The third kappa shape index (κ3) is 18.7. The highest BCUT2D eigenvalue weighted by molar-refractivity contribution is 7.99. The lowest BCUT2D eigenvalue weighted by Gasteiger charge is -2.42. The van der Waals surface area contributed by atoms with E-state index >= 15 is 0 Å². The molecule has 1 aliphatic heterocycles. The monoisotopic (exact) mass is 972 g/mol. The molecule has 0 bridgehead atoms. The Bertz CT molecular complexity index is 1930. The number of urea groups is 3. The summed E-state index contributed by atoms with van der Waals surface area (Å²) in [5.74, 6) is 1.80. The van der Waals surface area contributed by atoms with Crippen LogP contribution in [0.5, 0.6) is 0 Å². The minimum Gasteiger partial charge on any atom is -0.337 e. The number of amides is 9. The van der Waals surface area contributed by atoms with Crippen LogP contribution >= 0.6 is 35.3 Å². The van der Waals surface area contributed by atoms with Gasteiger partial charge in [-0.2, -0.15) is 35.3 Å². The van der Waals surface area contributed by atoms with Gasteiger partial charge >= 0.3 is 18.1 Å². The van der Waals surface area contributed by atoms with Gasteiger partial charge in [-0.25, -0.2) is 14.4 Å². The highest BCUT2D eigenvalue weighted by Gasteiger charge is 2.31. The van der Waals surface area contributed by atoms with E-state index in [0.29, 0.717) is 51.6 Å². The molecular formula is C39H48N12O12S3. The maximum absolute atomic E-state index is 13.4. The van der Waals surface area contributed by atoms with E-state index in [1.54, 1.807) is 0 Å². The zero-order valence-corrected chi connectivity index (χ0v) is 37.8. The lowest BCUT2D eigenvalue weighted by atomic mass is 10.3. The molecule has 6 N–H and O–H groups in total. The second kappa shape index (κ2) is 27.5. The van der Waals surface area contributed by atoms with E-state index in [1.807, 2.05) is 0 Å². The predicted octanol–water partition coefficient (Wildman–Crippen LogP) is 4.92. The number of hydrogen-bond donors (Lipinski definition) is 6. The van der Waals surface area contributed by atoms with Crippen molar-refractivity contribution in [2.75, 3.05) is 90.1 Å². The number of nitrogens with one attached hydrogen (secondary N) is 6. The topological polar surface area (TPSA) is 314 Å². The van der Waals surface area contributed by atoms with Gasteiger partial charge in [0.25, 0.3) is 17.1 Å². The second-order valence-corrected chi connectivity index (χ2v) is 17.5. The molecule has 3 aromatic carbocycles. The average Bonchev–Trinajstić information content (AvgIpc) is 3.29. The van der Waals surface area contributed by atoms with Crippen molar-refractivity contribution in [3.63, 3.8) is 0 Å². The zero-order chi connectivity index (χ0) is 47.8. The summed E-state index contributed by atoms with van der Waals surface area (Å²) in [7, 11) is 0. The van der Waals surface area contributed by atoms with E-state index in [9.17, 15) is 59.1 Å². The molecule has 1 aliphatic rings. The number of benzene rings is 3. The molecule has 0 aliphatic carbocycles. The van der Waals surface area contributed by atoms with Crippen molar-refractivity contribution in [3.05, 3.63) is 103 Å². The van der Waals surface area contributed by atoms with E-state index in [1.165, 1.54) is 123 Å². The van der Waals surface area contributed by atoms with Crippen molar-refractivity contribution in [1.82, 2.24) is 30.7 Å². The van der Waals surface area contributed by atoms with Crippen molar-refractivity contribution < 1.29 is 43.5 Å². The van der Waals surface area contributed by atoms with Crippen LogP contribution in [-0.4, -0.2) is 139 Å². The average molecular weight is 973 g/mol. The van der Waals surface area contributed by atoms with Gasteiger partial charge < -0.3 is 46.6 Å². The molecule has 4 rings (SSSR count). The molecule has 1 saturated heterocycles. The number of nitro groups is 3. The molecule has 27 heteroatoms. The minimum atomic E-state index is -0.543. The van der Waals surface area contributed by atoms with Crippen LogP contribution < -0.4 is 31.9 Å². The zero-order valence-electron chi connectivity index (χ0n) is 35.3. The summed E-state index contributed by atoms with van der Waals surface area (Å²) in [4.78, 5) is 112. The summed E-state index contributed by atoms with van der Waals surface area (Å²) in [6.45, 7) is 0.770. The first-order valence-electron chi connectivity index (χ1n) is 20.1. The summed E-state index contributed by atoms with van der Waals surface area (Å²) in [5, 5.41) is 48.3. The quantitative estimate of drug-likeness (QED) is 0.0394. The van der Waals surface area contributed by atoms with E-state index < -0.39 is 32.9 Å². The predicted molar refractivity (Wildman–Crippen MR) is 251 cm³/mol. The Hall–Kier alpha value is -6.87. The Kier molecular flexibility index (Phi) is 21.5. The standard InChI is InChI=1S/C39H48N12O12S3/c52-34(13-19-64-22-16-40-37(55)43-28-1-7-31(8-2-28)49(58)59)46-25-47(35(53)14-20-65-23-17-41-38(56)44-29-3-9-32(10-4-29)50(60)61)27-48(26-46)36(54)15-21-66-24-18-42-39(57)45-30-5-11-33(12-6-30)51(62)63/h1-12H,13-27H2,(H2,40,43,55)(H2,41,44,56)(H2,42,45,57). The number of hydrogen-bond acceptors (Lipinski definition) is 15. The van der Waals surface area contributed by atoms with Crippen LogP contribution in [0, 0.1) is 30.3 Å². The maximum Gasteiger partial charge on any atom is 0.319 e. The first kappa shape index (κ1) is 51.8. The smallest absolute Gasteiger partial charge is 0.319 e. The first-order chi connectivity index (χ1) is 31.7. The molecule has 0 aromatic heterocycles. The van der Waals surface area contributed by atoms with Crippen molar-refractivity contribution in [2.45, 2.75) is 19.3 Å². The van der Waals surface area contributed by atoms with Crippen LogP contribution in [0.25, 0.3) is 0 Å². The van der Waals surface area contributed by atoms with Crippen LogP contribution in [0.2, 0.25) is 0 Å². The fraction of sp³-hybridized carbons (Fsp3) is 0.385. The molecule has 0 unspecified atom stereocenters. The minimum absolute atomic E-state index is 0.0200. The number of carbonyl (C=O) groups excluding carboxylic acids is 6. The molecule has 0 atom stereocenters. The SMILES string of the molecule is O=C(NCCSCCC(=O)N1CN(C(=O)CCSCCNC(=O)Nc2ccc([N+](=O)[O-])cc2)CN(C(=O)CCSCCNC(=O)Nc2ccc([N+](=O)[O-])cc2)C1)Nc1ccc([N+](=O)[O-])cc1. The normalized spacial score (nSPS) is 12.1. The van der Waals surface area contributed by atoms with Gasteiger partial charge in [-0.1, -0.05) is 0 Å². The molecule has 0 spiro atoms. The second-order valence-electron chi connectivity index (χ2n) is 13.9. The van der Waals surface area contributed by atoms with E-state index in [0.717, 1.165) is 0 Å². The van der Waals surface area contributed by atoms with Crippen molar-refractivity contribution >= 4 is 105 Å². The van der Waals surface area contributed by atoms with Crippen LogP contribution in [0.1, 0.15) is 19.3 Å². The Balaban J connectivity index is 1.19. The highest BCUT2D eigenvalue weighted by Crippen LogP contribution is 2.19. The molecule has 3 aromatic rings. The van der Waals surface area contributed by atoms with Gasteiger partial charge in [0.05, 0.1) is 34.8 Å². The molecule has 0 radical (unpaired) electrons. The Morgan fingerprint density at radius 3 is 0.894 bits per heavy atom. The van der Waals surface area contributed by atoms with Gasteiger partial charge in [0, 0.05) is 127 Å². The van der Waals surface area contributed by atoms with Gasteiger partial charge in [0.1, 0.15) is 0 Å². The fourth-order valence-corrected chi connectivity index (χ4v) is 8.03. The number of nitrogens with zero attached hydrogens (tertiary/aromatic N) is 6. The number of non-ortho nitro benzene ring substituents is 3. The first-order valence-corrected chi connectivity index (χ1v) is 23.6. The van der Waals surface area contributed by atoms with Crippen molar-refractivity contribution in [2.24, 2.45) is 0 Å². The highest BCUT2D eigenvalue weighted by atomic mass is 32.2. The number of nitro benzene ring substituents is 3. The van der Waals surface area contributed by atoms with Crippen LogP contribution in [0.4, 0.5) is 48.5 Å². The Morgan fingerprint density at radius 2 is 0.667 bits per heavy atom. The summed E-state index contributed by atoms with van der Waals surface area (Å²) in [6, 6.07) is 14.6. The van der Waals surface area contributed by atoms with E-state index in [2.05, 4.69) is 31.9 Å². The number of anilines is 3. The summed E-state index contributed by atoms with van der Waals surface area (Å²) in [6.07, 6.45) is 0.306. The largest absolute Gasteiger partial charge is 0.337 e. The molecule has 1 heterocycles. The number of carbonyl (C=O) groups is 6. The van der Waals surface area contributed by atoms with E-state index in [4.69, 9.17) is 0 Å². The van der Waals surface area contributed by atoms with Gasteiger partial charge in [0.15, 0.2) is 0 Å². The summed E-state index contributed by atoms with van der Waals surface area (Å²) >= 11 is 4.26. The van der Waals surface area contributed by atoms with Crippen LogP contribution in [0.15, 0.2) is 72.8 Å². The van der Waals surface area contributed by atoms with Crippen LogP contribution in [-0.2, 0) is 14.4 Å². The van der Waals surface area contributed by atoms with Crippen molar-refractivity contribution in [3.8, 4) is 0 Å². The van der Waals surface area contributed by atoms with Crippen molar-refractivity contribution in [1.29, 1.82) is 0 Å². The number of thioether (sulfide) groups is 3. The molecule has 354 valence electrons. The Morgan fingerprint density at radius 1 is 0.424 bits per heavy atom. The fourth-order valence-electron chi connectivity index (χ4n) is 5.72. The molecule has 0 saturated carbocycles. The summed E-state index contributed by atoms with van der Waals surface area (Å²) in [5.41, 5.74) is 0.828. The molecular weight excluding hydrogens is 925 g/mol. The van der Waals surface area contributed by atoms with Gasteiger partial charge in [-0.05, 0) is 36.4 Å². The van der Waals surface area contributed by atoms with E-state index in [-0.39, 0.29) is 93.7 Å². The summed E-state index contributed by atoms with van der Waals surface area (Å²) < 4.78 is 0. The lowest BCUT2D eigenvalue weighted by Crippen LogP contribution is -2.59. The van der Waals surface area contributed by atoms with Gasteiger partial charge in [-0.15, -0.1) is 0 Å². The van der Waals surface area contributed by atoms with Crippen LogP contribution in [0.3, 0.4) is 0 Å². The van der Waals surface area contributed by atoms with Gasteiger partial charge in [-0.3, -0.25) is 44.7 Å². The lowest BCUT2D eigenvalue weighted by molar-refractivity contribution is -0.385. The third-order valence-corrected chi connectivity index (χ3v) is 12.0. The molecule has 24 nitrogen and oxygen atoms in total.